The first-order chi connectivity index (χ1) is 13.8. The summed E-state index contributed by atoms with van der Waals surface area (Å²) < 4.78 is 0. The van der Waals surface area contributed by atoms with Gasteiger partial charge in [-0.2, -0.15) is 0 Å². The molecule has 0 bridgehead atoms. The average Bonchev–Trinajstić information content (AvgIpc) is 2.73. The van der Waals surface area contributed by atoms with Crippen molar-refractivity contribution >= 4 is 22.3 Å². The van der Waals surface area contributed by atoms with Gasteiger partial charge in [0.1, 0.15) is 0 Å². The number of rotatable bonds is 4. The first kappa shape index (κ1) is 17.5. The molecule has 1 saturated heterocycles. The maximum absolute atomic E-state index is 5.97. The molecule has 0 amide bonds. The Hall–Kier alpha value is -2.63. The highest BCUT2D eigenvalue weighted by atomic mass is 15.2. The van der Waals surface area contributed by atoms with Gasteiger partial charge in [0.05, 0.1) is 11.2 Å². The molecule has 1 aromatic heterocycles. The molecular formula is C23H27N5. The number of pyridine rings is 1. The Morgan fingerprint density at radius 1 is 1.00 bits per heavy atom. The second-order valence-electron chi connectivity index (χ2n) is 7.93. The molecule has 2 aromatic carbocycles. The van der Waals surface area contributed by atoms with Crippen LogP contribution in [0.5, 0.6) is 0 Å². The van der Waals surface area contributed by atoms with Crippen LogP contribution in [0.25, 0.3) is 22.2 Å². The summed E-state index contributed by atoms with van der Waals surface area (Å²) in [6, 6.07) is 20.2. The van der Waals surface area contributed by atoms with E-state index in [1.807, 2.05) is 0 Å². The van der Waals surface area contributed by atoms with Crippen LogP contribution in [0.2, 0.25) is 0 Å². The van der Waals surface area contributed by atoms with Gasteiger partial charge in [-0.3, -0.25) is 0 Å². The Kier molecular flexibility index (Phi) is 4.63. The van der Waals surface area contributed by atoms with Crippen LogP contribution in [0, 0.1) is 0 Å². The van der Waals surface area contributed by atoms with E-state index in [-0.39, 0.29) is 0 Å². The van der Waals surface area contributed by atoms with E-state index in [2.05, 4.69) is 70.1 Å². The lowest BCUT2D eigenvalue weighted by Crippen LogP contribution is -2.44. The third kappa shape index (κ3) is 3.43. The van der Waals surface area contributed by atoms with Gasteiger partial charge in [-0.15, -0.1) is 0 Å². The number of fused-ring (bicyclic) bond motifs is 1. The third-order valence-electron chi connectivity index (χ3n) is 5.90. The smallest absolute Gasteiger partial charge is 0.0730 e. The fourth-order valence-corrected chi connectivity index (χ4v) is 4.21. The van der Waals surface area contributed by atoms with Crippen molar-refractivity contribution in [2.24, 2.45) is 5.73 Å². The lowest BCUT2D eigenvalue weighted by atomic mass is 9.87. The summed E-state index contributed by atoms with van der Waals surface area (Å²) in [4.78, 5) is 7.36. The van der Waals surface area contributed by atoms with Crippen LogP contribution in [0.3, 0.4) is 0 Å². The molecule has 0 unspecified atom stereocenters. The van der Waals surface area contributed by atoms with E-state index >= 15 is 0 Å². The number of aromatic nitrogens is 1. The summed E-state index contributed by atoms with van der Waals surface area (Å²) in [5.41, 5.74) is 11.6. The number of para-hydroxylation sites is 1. The number of benzene rings is 2. The van der Waals surface area contributed by atoms with Gasteiger partial charge in [-0.05, 0) is 37.1 Å². The molecule has 2 aliphatic rings. The summed E-state index contributed by atoms with van der Waals surface area (Å²) in [7, 11) is 0. The molecule has 4 N–H and O–H groups in total. The molecule has 1 aliphatic carbocycles. The molecule has 0 atom stereocenters. The van der Waals surface area contributed by atoms with Gasteiger partial charge >= 0.3 is 0 Å². The topological polar surface area (TPSA) is 66.2 Å². The van der Waals surface area contributed by atoms with Gasteiger partial charge in [-0.1, -0.05) is 30.3 Å². The first-order valence-corrected chi connectivity index (χ1v) is 10.2. The molecule has 28 heavy (non-hydrogen) atoms. The Bertz CT molecular complexity index is 956. The fourth-order valence-electron chi connectivity index (χ4n) is 4.21. The molecule has 1 aliphatic heterocycles. The zero-order valence-corrected chi connectivity index (χ0v) is 16.1. The van der Waals surface area contributed by atoms with E-state index in [0.29, 0.717) is 12.1 Å². The highest BCUT2D eigenvalue weighted by Crippen LogP contribution is 2.32. The van der Waals surface area contributed by atoms with Gasteiger partial charge in [-0.25, -0.2) is 4.98 Å². The highest BCUT2D eigenvalue weighted by Gasteiger charge is 2.26. The predicted molar refractivity (Wildman–Crippen MR) is 117 cm³/mol. The van der Waals surface area contributed by atoms with Crippen molar-refractivity contribution in [3.63, 3.8) is 0 Å². The Labute approximate surface area is 165 Å². The summed E-state index contributed by atoms with van der Waals surface area (Å²) in [6.45, 7) is 4.22. The lowest BCUT2D eigenvalue weighted by Gasteiger charge is -2.34. The zero-order valence-electron chi connectivity index (χ0n) is 16.1. The average molecular weight is 374 g/mol. The van der Waals surface area contributed by atoms with Gasteiger partial charge in [0.2, 0.25) is 0 Å². The van der Waals surface area contributed by atoms with Gasteiger partial charge in [0.15, 0.2) is 0 Å². The number of anilines is 2. The monoisotopic (exact) mass is 373 g/mol. The van der Waals surface area contributed by atoms with E-state index in [0.717, 1.165) is 61.5 Å². The van der Waals surface area contributed by atoms with Crippen LogP contribution < -0.4 is 21.3 Å². The molecule has 1 saturated carbocycles. The second kappa shape index (κ2) is 7.41. The maximum atomic E-state index is 5.97. The molecule has 144 valence electrons. The number of piperazine rings is 1. The number of nitrogens with zero attached hydrogens (tertiary/aromatic N) is 2. The lowest BCUT2D eigenvalue weighted by molar-refractivity contribution is 0.374. The maximum Gasteiger partial charge on any atom is 0.0730 e. The highest BCUT2D eigenvalue weighted by molar-refractivity contribution is 5.94. The second-order valence-corrected chi connectivity index (χ2v) is 7.93. The van der Waals surface area contributed by atoms with Crippen molar-refractivity contribution in [2.75, 3.05) is 36.4 Å². The molecule has 0 spiro atoms. The zero-order chi connectivity index (χ0) is 18.9. The molecule has 5 nitrogen and oxygen atoms in total. The number of hydrogen-bond donors (Lipinski definition) is 3. The molecular weight excluding hydrogens is 346 g/mol. The Balaban J connectivity index is 1.46. The Morgan fingerprint density at radius 3 is 2.50 bits per heavy atom. The van der Waals surface area contributed by atoms with Crippen molar-refractivity contribution in [1.82, 2.24) is 10.3 Å². The summed E-state index contributed by atoms with van der Waals surface area (Å²) in [6.07, 6.45) is 2.07. The minimum atomic E-state index is 0.336. The van der Waals surface area contributed by atoms with E-state index in [1.54, 1.807) is 0 Å². The molecule has 3 aromatic rings. The SMILES string of the molecule is NC1CC(Nc2cc(-c3ccc(N4CCNCC4)cc3)nc3ccccc23)C1. The van der Waals surface area contributed by atoms with Gasteiger partial charge in [0.25, 0.3) is 0 Å². The van der Waals surface area contributed by atoms with Gasteiger partial charge < -0.3 is 21.3 Å². The predicted octanol–water partition coefficient (Wildman–Crippen LogP) is 3.21. The number of hydrogen-bond acceptors (Lipinski definition) is 5. The Morgan fingerprint density at radius 2 is 1.75 bits per heavy atom. The molecule has 5 rings (SSSR count). The minimum absolute atomic E-state index is 0.336. The third-order valence-corrected chi connectivity index (χ3v) is 5.90. The van der Waals surface area contributed by atoms with E-state index in [9.17, 15) is 0 Å². The van der Waals surface area contributed by atoms with E-state index < -0.39 is 0 Å². The van der Waals surface area contributed by atoms with Crippen LogP contribution in [0.15, 0.2) is 54.6 Å². The number of nitrogens with two attached hydrogens (primary N) is 1. The van der Waals surface area contributed by atoms with Crippen molar-refractivity contribution in [1.29, 1.82) is 0 Å². The van der Waals surface area contributed by atoms with E-state index in [4.69, 9.17) is 10.7 Å². The van der Waals surface area contributed by atoms with Crippen LogP contribution >= 0.6 is 0 Å². The fraction of sp³-hybridized carbons (Fsp3) is 0.348. The van der Waals surface area contributed by atoms with Crippen molar-refractivity contribution in [3.8, 4) is 11.3 Å². The van der Waals surface area contributed by atoms with Gasteiger partial charge in [0, 0.05) is 60.6 Å². The normalized spacial score (nSPS) is 22.1. The van der Waals surface area contributed by atoms with Crippen molar-refractivity contribution in [3.05, 3.63) is 54.6 Å². The molecule has 2 heterocycles. The summed E-state index contributed by atoms with van der Waals surface area (Å²) in [5.74, 6) is 0. The van der Waals surface area contributed by atoms with Crippen molar-refractivity contribution in [2.45, 2.75) is 24.9 Å². The minimum Gasteiger partial charge on any atom is -0.382 e. The largest absolute Gasteiger partial charge is 0.382 e. The molecule has 5 heteroatoms. The van der Waals surface area contributed by atoms with Crippen LogP contribution in [-0.2, 0) is 0 Å². The summed E-state index contributed by atoms with van der Waals surface area (Å²) >= 11 is 0. The first-order valence-electron chi connectivity index (χ1n) is 10.2. The standard InChI is InChI=1S/C23H27N5/c24-17-13-18(14-17)26-23-15-22(27-21-4-2-1-3-20(21)23)16-5-7-19(8-6-16)28-11-9-25-10-12-28/h1-8,15,17-18,25H,9-14,24H2,(H,26,27). The van der Waals surface area contributed by atoms with Crippen LogP contribution in [0.1, 0.15) is 12.8 Å². The summed E-state index contributed by atoms with van der Waals surface area (Å²) in [5, 5.41) is 8.27. The van der Waals surface area contributed by atoms with E-state index in [1.165, 1.54) is 11.1 Å². The molecule has 2 fully saturated rings. The quantitative estimate of drug-likeness (QED) is 0.655. The van der Waals surface area contributed by atoms with Crippen molar-refractivity contribution < 1.29 is 0 Å². The van der Waals surface area contributed by atoms with Crippen LogP contribution in [0.4, 0.5) is 11.4 Å². The number of nitrogens with one attached hydrogen (secondary N) is 2. The van der Waals surface area contributed by atoms with Crippen LogP contribution in [-0.4, -0.2) is 43.2 Å². The molecule has 0 radical (unpaired) electrons.